The molecule has 3 N–H and O–H groups in total. The van der Waals surface area contributed by atoms with E-state index in [4.69, 9.17) is 11.6 Å². The van der Waals surface area contributed by atoms with Gasteiger partial charge in [-0.3, -0.25) is 13.9 Å². The average molecular weight is 485 g/mol. The first-order valence-electron chi connectivity index (χ1n) is 9.75. The average Bonchev–Trinajstić information content (AvgIpc) is 2.73. The number of hydrogen-bond acceptors (Lipinski definition) is 6. The summed E-state index contributed by atoms with van der Waals surface area (Å²) in [5, 5.41) is 0.653. The van der Waals surface area contributed by atoms with Crippen LogP contribution in [0.15, 0.2) is 74.0 Å². The maximum atomic E-state index is 11.6. The summed E-state index contributed by atoms with van der Waals surface area (Å²) in [7, 11) is 4.02. The number of nitrogens with zero attached hydrogens (tertiary/aromatic N) is 1. The Hall–Kier alpha value is -2.65. The van der Waals surface area contributed by atoms with Gasteiger partial charge in [-0.1, -0.05) is 29.8 Å². The predicted octanol–water partition coefficient (Wildman–Crippen LogP) is 5.53. The molecule has 0 aliphatic heterocycles. The lowest BCUT2D eigenvalue weighted by molar-refractivity contribution is 0.703. The van der Waals surface area contributed by atoms with E-state index in [2.05, 4.69) is 26.8 Å². The number of fused-ring (bicyclic) bond motifs is 1. The highest BCUT2D eigenvalue weighted by atomic mass is 35.5. The molecule has 1 aromatic heterocycles. The lowest BCUT2D eigenvalue weighted by Gasteiger charge is -2.13. The van der Waals surface area contributed by atoms with Gasteiger partial charge in [0.2, 0.25) is 0 Å². The number of anilines is 1. The van der Waals surface area contributed by atoms with Crippen LogP contribution in [0, 0.1) is 6.92 Å². The van der Waals surface area contributed by atoms with Crippen LogP contribution in [0.25, 0.3) is 22.2 Å². The zero-order chi connectivity index (χ0) is 22.8. The van der Waals surface area contributed by atoms with E-state index in [0.29, 0.717) is 16.1 Å². The van der Waals surface area contributed by atoms with E-state index in [1.165, 1.54) is 11.9 Å². The Morgan fingerprint density at radius 2 is 1.66 bits per heavy atom. The summed E-state index contributed by atoms with van der Waals surface area (Å²) < 4.78 is 5.36. The van der Waals surface area contributed by atoms with Crippen molar-refractivity contribution in [2.75, 3.05) is 18.8 Å². The second kappa shape index (κ2) is 9.46. The number of H-pyrrole nitrogens is 2. The molecule has 0 unspecified atom stereocenters. The first-order chi connectivity index (χ1) is 15.3. The Labute approximate surface area is 198 Å². The fourth-order valence-electron chi connectivity index (χ4n) is 3.22. The number of nitrogens with one attached hydrogen (secondary N) is 3. The van der Waals surface area contributed by atoms with Crippen molar-refractivity contribution in [1.29, 1.82) is 0 Å². The topological polar surface area (TPSA) is 81.0 Å². The van der Waals surface area contributed by atoms with E-state index in [9.17, 15) is 9.59 Å². The van der Waals surface area contributed by atoms with Gasteiger partial charge < -0.3 is 14.7 Å². The molecule has 4 rings (SSSR count). The standard InChI is InChI=1S/C23H21ClN4O2S2/c1-13-9-19-20(26-23(30)22(29)25-19)12-21(13)31-27-15-7-8-17(18(24)11-15)14-5-4-6-16(10-14)32-28(2)3/h4-12,27H,1-3H3,(H,25,29)(H,26,30). The van der Waals surface area contributed by atoms with Gasteiger partial charge in [-0.2, -0.15) is 0 Å². The van der Waals surface area contributed by atoms with Gasteiger partial charge in [0.15, 0.2) is 0 Å². The van der Waals surface area contributed by atoms with Crippen molar-refractivity contribution in [3.63, 3.8) is 0 Å². The van der Waals surface area contributed by atoms with Crippen molar-refractivity contribution in [2.24, 2.45) is 0 Å². The zero-order valence-corrected chi connectivity index (χ0v) is 20.0. The van der Waals surface area contributed by atoms with Crippen LogP contribution >= 0.6 is 35.5 Å². The summed E-state index contributed by atoms with van der Waals surface area (Å²) in [5.41, 5.74) is 3.70. The molecular weight excluding hydrogens is 464 g/mol. The van der Waals surface area contributed by atoms with Crippen molar-refractivity contribution in [2.45, 2.75) is 16.7 Å². The van der Waals surface area contributed by atoms with Crippen molar-refractivity contribution in [3.8, 4) is 11.1 Å². The summed E-state index contributed by atoms with van der Waals surface area (Å²) >= 11 is 9.68. The molecule has 9 heteroatoms. The largest absolute Gasteiger partial charge is 0.326 e. The Morgan fingerprint density at radius 1 is 0.938 bits per heavy atom. The fourth-order valence-corrected chi connectivity index (χ4v) is 5.00. The number of hydrogen-bond donors (Lipinski definition) is 3. The SMILES string of the molecule is Cc1cc2[nH]c(=O)c(=O)[nH]c2cc1SNc1ccc(-c2cccc(SN(C)C)c2)c(Cl)c1. The number of aryl methyl sites for hydroxylation is 1. The van der Waals surface area contributed by atoms with Gasteiger partial charge in [0.25, 0.3) is 0 Å². The number of halogens is 1. The van der Waals surface area contributed by atoms with Gasteiger partial charge in [0.05, 0.1) is 16.1 Å². The van der Waals surface area contributed by atoms with Crippen LogP contribution < -0.4 is 15.8 Å². The highest BCUT2D eigenvalue weighted by Gasteiger charge is 2.09. The molecule has 0 saturated heterocycles. The minimum absolute atomic E-state index is 0.577. The molecule has 0 fully saturated rings. The van der Waals surface area contributed by atoms with Crippen LogP contribution in [-0.4, -0.2) is 28.4 Å². The highest BCUT2D eigenvalue weighted by molar-refractivity contribution is 8.00. The minimum atomic E-state index is -0.666. The molecular formula is C23H21ClN4O2S2. The van der Waals surface area contributed by atoms with Crippen LogP contribution in [0.2, 0.25) is 5.02 Å². The first kappa shape index (κ1) is 22.5. The molecule has 0 bridgehead atoms. The van der Waals surface area contributed by atoms with Gasteiger partial charge in [0, 0.05) is 21.0 Å². The van der Waals surface area contributed by atoms with Crippen LogP contribution in [0.3, 0.4) is 0 Å². The normalized spacial score (nSPS) is 11.3. The predicted molar refractivity (Wildman–Crippen MR) is 136 cm³/mol. The first-order valence-corrected chi connectivity index (χ1v) is 11.7. The molecule has 0 aliphatic rings. The molecule has 1 heterocycles. The van der Waals surface area contributed by atoms with E-state index in [-0.39, 0.29) is 0 Å². The second-order valence-electron chi connectivity index (χ2n) is 7.40. The van der Waals surface area contributed by atoms with Crippen molar-refractivity contribution in [3.05, 3.63) is 85.9 Å². The van der Waals surface area contributed by atoms with Crippen molar-refractivity contribution in [1.82, 2.24) is 14.3 Å². The van der Waals surface area contributed by atoms with Crippen LogP contribution in [-0.2, 0) is 0 Å². The molecule has 0 aliphatic carbocycles. The van der Waals surface area contributed by atoms with Crippen LogP contribution in [0.4, 0.5) is 5.69 Å². The van der Waals surface area contributed by atoms with Gasteiger partial charge in [-0.15, -0.1) is 0 Å². The summed E-state index contributed by atoms with van der Waals surface area (Å²) in [4.78, 5) is 30.4. The second-order valence-corrected chi connectivity index (χ2v) is 10.0. The maximum Gasteiger partial charge on any atom is 0.314 e. The molecule has 0 saturated carbocycles. The minimum Gasteiger partial charge on any atom is -0.326 e. The Balaban J connectivity index is 1.55. The van der Waals surface area contributed by atoms with E-state index in [1.54, 1.807) is 11.9 Å². The van der Waals surface area contributed by atoms with E-state index in [0.717, 1.165) is 32.2 Å². The van der Waals surface area contributed by atoms with E-state index >= 15 is 0 Å². The number of rotatable bonds is 6. The molecule has 0 spiro atoms. The monoisotopic (exact) mass is 484 g/mol. The summed E-state index contributed by atoms with van der Waals surface area (Å²) in [6.45, 7) is 1.95. The summed E-state index contributed by atoms with van der Waals surface area (Å²) in [5.74, 6) is 0. The third-order valence-electron chi connectivity index (χ3n) is 4.70. The lowest BCUT2D eigenvalue weighted by atomic mass is 10.1. The Bertz CT molecular complexity index is 1420. The van der Waals surface area contributed by atoms with Gasteiger partial charge in [0.1, 0.15) is 0 Å². The zero-order valence-electron chi connectivity index (χ0n) is 17.7. The molecule has 0 radical (unpaired) electrons. The van der Waals surface area contributed by atoms with Gasteiger partial charge in [-0.05, 0) is 92.4 Å². The van der Waals surface area contributed by atoms with Crippen LogP contribution in [0.5, 0.6) is 0 Å². The molecule has 4 aromatic rings. The number of aromatic amines is 2. The summed E-state index contributed by atoms with van der Waals surface area (Å²) in [6.07, 6.45) is 0. The number of aromatic nitrogens is 2. The molecule has 0 amide bonds. The molecule has 6 nitrogen and oxygen atoms in total. The third kappa shape index (κ3) is 5.05. The van der Waals surface area contributed by atoms with Crippen molar-refractivity contribution >= 4 is 52.2 Å². The van der Waals surface area contributed by atoms with Gasteiger partial charge in [-0.25, -0.2) is 0 Å². The lowest BCUT2D eigenvalue weighted by Crippen LogP contribution is -2.28. The van der Waals surface area contributed by atoms with E-state index in [1.807, 2.05) is 67.8 Å². The molecule has 0 atom stereocenters. The van der Waals surface area contributed by atoms with Crippen LogP contribution in [0.1, 0.15) is 5.56 Å². The summed E-state index contributed by atoms with van der Waals surface area (Å²) in [6, 6.07) is 17.8. The van der Waals surface area contributed by atoms with Gasteiger partial charge >= 0.3 is 11.1 Å². The smallest absolute Gasteiger partial charge is 0.314 e. The maximum absolute atomic E-state index is 11.6. The van der Waals surface area contributed by atoms with Crippen molar-refractivity contribution < 1.29 is 0 Å². The quantitative estimate of drug-likeness (QED) is 0.246. The fraction of sp³-hybridized carbons (Fsp3) is 0.130. The Morgan fingerprint density at radius 3 is 2.34 bits per heavy atom. The highest BCUT2D eigenvalue weighted by Crippen LogP contribution is 2.34. The number of benzene rings is 3. The molecule has 164 valence electrons. The molecule has 32 heavy (non-hydrogen) atoms. The third-order valence-corrected chi connectivity index (χ3v) is 6.84. The molecule has 3 aromatic carbocycles. The van der Waals surface area contributed by atoms with E-state index < -0.39 is 11.1 Å². The Kier molecular flexibility index (Phi) is 6.66.